The van der Waals surface area contributed by atoms with E-state index >= 15 is 0 Å². The second-order valence-electron chi connectivity index (χ2n) is 6.58. The molecule has 2 heterocycles. The Morgan fingerprint density at radius 3 is 2.84 bits per heavy atom. The predicted molar refractivity (Wildman–Crippen MR) is 98.8 cm³/mol. The van der Waals surface area contributed by atoms with Crippen molar-refractivity contribution >= 4 is 5.82 Å². The Morgan fingerprint density at radius 2 is 2.12 bits per heavy atom. The maximum absolute atomic E-state index is 11.5. The van der Waals surface area contributed by atoms with Gasteiger partial charge >= 0.3 is 0 Å². The van der Waals surface area contributed by atoms with Gasteiger partial charge in [-0.3, -0.25) is 4.79 Å². The van der Waals surface area contributed by atoms with E-state index < -0.39 is 0 Å². The number of nitrogens with zero attached hydrogens (tertiary/aromatic N) is 2. The summed E-state index contributed by atoms with van der Waals surface area (Å²) in [5.41, 5.74) is 1.34. The topological polar surface area (TPSA) is 79.9 Å². The average Bonchev–Trinajstić information content (AvgIpc) is 2.62. The van der Waals surface area contributed by atoms with Gasteiger partial charge < -0.3 is 15.0 Å². The van der Waals surface area contributed by atoms with Crippen molar-refractivity contribution in [2.75, 3.05) is 18.5 Å². The van der Waals surface area contributed by atoms with Gasteiger partial charge in [0.1, 0.15) is 11.6 Å². The van der Waals surface area contributed by atoms with Crippen LogP contribution in [0, 0.1) is 6.92 Å². The van der Waals surface area contributed by atoms with Crippen LogP contribution >= 0.6 is 0 Å². The van der Waals surface area contributed by atoms with Crippen molar-refractivity contribution in [2.45, 2.75) is 51.6 Å². The molecule has 25 heavy (non-hydrogen) atoms. The van der Waals surface area contributed by atoms with Crippen LogP contribution in [0.25, 0.3) is 11.4 Å². The molecule has 1 fully saturated rings. The minimum Gasteiger partial charge on any atom is -0.378 e. The number of H-pyrrole nitrogens is 1. The van der Waals surface area contributed by atoms with Crippen LogP contribution in [0.5, 0.6) is 0 Å². The number of aryl methyl sites for hydroxylation is 1. The molecule has 2 aromatic rings. The molecule has 2 N–H and O–H groups in total. The molecule has 0 spiro atoms. The molecule has 0 amide bonds. The van der Waals surface area contributed by atoms with Gasteiger partial charge in [-0.25, -0.2) is 9.97 Å². The highest BCUT2D eigenvalue weighted by Gasteiger charge is 2.12. The summed E-state index contributed by atoms with van der Waals surface area (Å²) in [6, 6.07) is 5.29. The van der Waals surface area contributed by atoms with E-state index in [1.807, 2.05) is 12.1 Å². The monoisotopic (exact) mass is 342 g/mol. The van der Waals surface area contributed by atoms with E-state index in [2.05, 4.69) is 20.3 Å². The van der Waals surface area contributed by atoms with Crippen molar-refractivity contribution in [1.29, 1.82) is 0 Å². The Morgan fingerprint density at radius 1 is 1.28 bits per heavy atom. The minimum atomic E-state index is -0.150. The van der Waals surface area contributed by atoms with Gasteiger partial charge in [0, 0.05) is 36.7 Å². The van der Waals surface area contributed by atoms with E-state index in [0.717, 1.165) is 31.0 Å². The summed E-state index contributed by atoms with van der Waals surface area (Å²) in [6.45, 7) is 3.43. The number of hydrogen-bond acceptors (Lipinski definition) is 5. The van der Waals surface area contributed by atoms with Crippen molar-refractivity contribution in [3.63, 3.8) is 0 Å². The number of anilines is 1. The SMILES string of the molecule is Cc1cc(=O)[nH]c(-c2ccc(NCCCOC3CCCCC3)nc2)n1. The van der Waals surface area contributed by atoms with Gasteiger partial charge in [-0.1, -0.05) is 19.3 Å². The van der Waals surface area contributed by atoms with Crippen molar-refractivity contribution in [2.24, 2.45) is 0 Å². The third-order valence-electron chi connectivity index (χ3n) is 4.44. The van der Waals surface area contributed by atoms with Gasteiger partial charge in [0.15, 0.2) is 0 Å². The number of pyridine rings is 1. The van der Waals surface area contributed by atoms with E-state index in [9.17, 15) is 4.79 Å². The van der Waals surface area contributed by atoms with Crippen LogP contribution in [0.4, 0.5) is 5.82 Å². The predicted octanol–water partition coefficient (Wildman–Crippen LogP) is 3.29. The maximum Gasteiger partial charge on any atom is 0.251 e. The standard InChI is InChI=1S/C19H26N4O2/c1-14-12-18(24)23-19(22-14)15-8-9-17(21-13-15)20-10-5-11-25-16-6-3-2-4-7-16/h8-9,12-13,16H,2-7,10-11H2,1H3,(H,20,21)(H,22,23,24). The molecule has 0 aliphatic heterocycles. The van der Waals surface area contributed by atoms with Gasteiger partial charge in [-0.2, -0.15) is 0 Å². The molecule has 1 aliphatic rings. The van der Waals surface area contributed by atoms with Crippen LogP contribution in [-0.4, -0.2) is 34.2 Å². The fourth-order valence-corrected chi connectivity index (χ4v) is 3.12. The van der Waals surface area contributed by atoms with Crippen LogP contribution in [0.1, 0.15) is 44.2 Å². The highest BCUT2D eigenvalue weighted by atomic mass is 16.5. The number of aromatic nitrogens is 3. The van der Waals surface area contributed by atoms with Crippen LogP contribution in [0.3, 0.4) is 0 Å². The van der Waals surface area contributed by atoms with Crippen molar-refractivity contribution in [3.8, 4) is 11.4 Å². The van der Waals surface area contributed by atoms with Crippen molar-refractivity contribution in [1.82, 2.24) is 15.0 Å². The first-order valence-corrected chi connectivity index (χ1v) is 9.10. The minimum absolute atomic E-state index is 0.150. The summed E-state index contributed by atoms with van der Waals surface area (Å²) in [5, 5.41) is 3.30. The first-order chi connectivity index (χ1) is 12.2. The number of rotatable bonds is 7. The Labute approximate surface area is 148 Å². The molecule has 6 heteroatoms. The summed E-state index contributed by atoms with van der Waals surface area (Å²) in [6.07, 6.45) is 9.55. The zero-order valence-electron chi connectivity index (χ0n) is 14.8. The molecule has 0 unspecified atom stereocenters. The highest BCUT2D eigenvalue weighted by Crippen LogP contribution is 2.20. The Balaban J connectivity index is 1.43. The number of nitrogens with one attached hydrogen (secondary N) is 2. The molecule has 0 saturated heterocycles. The fraction of sp³-hybridized carbons (Fsp3) is 0.526. The second kappa shape index (κ2) is 8.76. The molecule has 2 aromatic heterocycles. The number of aromatic amines is 1. The molecule has 0 aromatic carbocycles. The lowest BCUT2D eigenvalue weighted by atomic mass is 9.98. The number of hydrogen-bond donors (Lipinski definition) is 2. The largest absolute Gasteiger partial charge is 0.378 e. The van der Waals surface area contributed by atoms with Crippen LogP contribution in [0.15, 0.2) is 29.2 Å². The van der Waals surface area contributed by atoms with E-state index in [1.165, 1.54) is 38.2 Å². The zero-order chi connectivity index (χ0) is 17.5. The third-order valence-corrected chi connectivity index (χ3v) is 4.44. The summed E-state index contributed by atoms with van der Waals surface area (Å²) in [7, 11) is 0. The van der Waals surface area contributed by atoms with Crippen molar-refractivity contribution in [3.05, 3.63) is 40.4 Å². The van der Waals surface area contributed by atoms with Gasteiger partial charge in [-0.15, -0.1) is 0 Å². The maximum atomic E-state index is 11.5. The molecule has 134 valence electrons. The lowest BCUT2D eigenvalue weighted by molar-refractivity contribution is 0.0284. The van der Waals surface area contributed by atoms with Gasteiger partial charge in [0.05, 0.1) is 6.10 Å². The first kappa shape index (κ1) is 17.6. The molecule has 0 atom stereocenters. The highest BCUT2D eigenvalue weighted by molar-refractivity contribution is 5.55. The third kappa shape index (κ3) is 5.39. The Hall–Kier alpha value is -2.21. The summed E-state index contributed by atoms with van der Waals surface area (Å²) < 4.78 is 5.92. The van der Waals surface area contributed by atoms with Crippen LogP contribution in [0.2, 0.25) is 0 Å². The molecule has 6 nitrogen and oxygen atoms in total. The van der Waals surface area contributed by atoms with E-state index in [1.54, 1.807) is 13.1 Å². The quantitative estimate of drug-likeness (QED) is 0.755. The summed E-state index contributed by atoms with van der Waals surface area (Å²) in [5.74, 6) is 1.36. The molecular weight excluding hydrogens is 316 g/mol. The Kier molecular flexibility index (Phi) is 6.17. The van der Waals surface area contributed by atoms with Crippen LogP contribution in [-0.2, 0) is 4.74 Å². The van der Waals surface area contributed by atoms with Gasteiger partial charge in [0.25, 0.3) is 5.56 Å². The van der Waals surface area contributed by atoms with Crippen LogP contribution < -0.4 is 10.9 Å². The molecule has 0 radical (unpaired) electrons. The number of ether oxygens (including phenoxy) is 1. The van der Waals surface area contributed by atoms with E-state index in [0.29, 0.717) is 17.6 Å². The molecule has 0 bridgehead atoms. The molecular formula is C19H26N4O2. The smallest absolute Gasteiger partial charge is 0.251 e. The normalized spacial score (nSPS) is 15.2. The van der Waals surface area contributed by atoms with E-state index in [-0.39, 0.29) is 5.56 Å². The first-order valence-electron chi connectivity index (χ1n) is 9.10. The molecule has 3 rings (SSSR count). The lowest BCUT2D eigenvalue weighted by Crippen LogP contribution is -2.18. The summed E-state index contributed by atoms with van der Waals surface area (Å²) in [4.78, 5) is 23.0. The van der Waals surface area contributed by atoms with Crippen molar-refractivity contribution < 1.29 is 4.74 Å². The average molecular weight is 342 g/mol. The Bertz CT molecular complexity index is 721. The van der Waals surface area contributed by atoms with Gasteiger partial charge in [-0.05, 0) is 38.3 Å². The van der Waals surface area contributed by atoms with E-state index in [4.69, 9.17) is 4.74 Å². The second-order valence-corrected chi connectivity index (χ2v) is 6.58. The zero-order valence-corrected chi connectivity index (χ0v) is 14.8. The lowest BCUT2D eigenvalue weighted by Gasteiger charge is -2.21. The summed E-state index contributed by atoms with van der Waals surface area (Å²) >= 11 is 0. The fourth-order valence-electron chi connectivity index (χ4n) is 3.12. The molecule has 1 aliphatic carbocycles. The van der Waals surface area contributed by atoms with Gasteiger partial charge in [0.2, 0.25) is 0 Å². The molecule has 1 saturated carbocycles.